The number of hydrogen-bond donors (Lipinski definition) is 2. The van der Waals surface area contributed by atoms with Crippen molar-refractivity contribution in [1.82, 2.24) is 4.98 Å². The lowest BCUT2D eigenvalue weighted by molar-refractivity contribution is -0.116. The molecule has 7 nitrogen and oxygen atoms in total. The van der Waals surface area contributed by atoms with Crippen molar-refractivity contribution in [3.63, 3.8) is 0 Å². The number of benzene rings is 1. The minimum atomic E-state index is -3.73. The van der Waals surface area contributed by atoms with Gasteiger partial charge in [-0.1, -0.05) is 13.8 Å². The van der Waals surface area contributed by atoms with Gasteiger partial charge in [-0.15, -0.1) is 0 Å². The number of carbonyl (C=O) groups excluding carboxylic acids is 1. The van der Waals surface area contributed by atoms with Crippen LogP contribution in [0.4, 0.5) is 17.2 Å². The van der Waals surface area contributed by atoms with E-state index in [4.69, 9.17) is 0 Å². The molecule has 2 heterocycles. The average Bonchev–Trinajstić information content (AvgIpc) is 3.04. The third kappa shape index (κ3) is 4.39. The molecule has 1 aliphatic heterocycles. The fourth-order valence-corrected chi connectivity index (χ4v) is 4.05. The van der Waals surface area contributed by atoms with Gasteiger partial charge in [0.2, 0.25) is 5.91 Å². The molecular formula is C19H24N4O3S. The number of hydrogen-bond acceptors (Lipinski definition) is 5. The van der Waals surface area contributed by atoms with Gasteiger partial charge in [0, 0.05) is 25.7 Å². The van der Waals surface area contributed by atoms with Crippen LogP contribution in [0.15, 0.2) is 41.4 Å². The Balaban J connectivity index is 1.75. The van der Waals surface area contributed by atoms with Crippen LogP contribution in [-0.2, 0) is 21.2 Å². The second kappa shape index (κ2) is 7.56. The molecule has 0 aliphatic carbocycles. The van der Waals surface area contributed by atoms with Crippen LogP contribution in [0.2, 0.25) is 0 Å². The molecule has 0 bridgehead atoms. The van der Waals surface area contributed by atoms with Gasteiger partial charge in [-0.2, -0.15) is 0 Å². The Morgan fingerprint density at radius 2 is 2.04 bits per heavy atom. The minimum Gasteiger partial charge on any atom is -0.370 e. The summed E-state index contributed by atoms with van der Waals surface area (Å²) >= 11 is 0. The quantitative estimate of drug-likeness (QED) is 0.794. The topological polar surface area (TPSA) is 91.4 Å². The minimum absolute atomic E-state index is 0.0419. The lowest BCUT2D eigenvalue weighted by Gasteiger charge is -2.15. The Morgan fingerprint density at radius 1 is 1.26 bits per heavy atom. The molecule has 0 unspecified atom stereocenters. The number of anilines is 3. The molecule has 144 valence electrons. The summed E-state index contributed by atoms with van der Waals surface area (Å²) < 4.78 is 27.9. The van der Waals surface area contributed by atoms with E-state index < -0.39 is 10.0 Å². The summed E-state index contributed by atoms with van der Waals surface area (Å²) in [4.78, 5) is 17.7. The van der Waals surface area contributed by atoms with E-state index >= 15 is 0 Å². The fraction of sp³-hybridized carbons (Fsp3) is 0.368. The average molecular weight is 388 g/mol. The van der Waals surface area contributed by atoms with E-state index in [9.17, 15) is 13.2 Å². The van der Waals surface area contributed by atoms with Gasteiger partial charge < -0.3 is 10.2 Å². The summed E-state index contributed by atoms with van der Waals surface area (Å²) in [6.45, 7) is 7.08. The Bertz CT molecular complexity index is 940. The van der Waals surface area contributed by atoms with Gasteiger partial charge in [0.15, 0.2) is 0 Å². The standard InChI is InChI=1S/C19H24N4O3S/c1-13(2)11-20-19-7-4-16(12-21-19)22-27(25,26)17-5-6-18-15(10-17)8-9-23(18)14(3)24/h4-7,10,12-13,22H,8-9,11H2,1-3H3,(H,20,21). The molecule has 2 N–H and O–H groups in total. The molecule has 2 aromatic rings. The number of rotatable bonds is 6. The molecule has 3 rings (SSSR count). The summed E-state index contributed by atoms with van der Waals surface area (Å²) in [5.41, 5.74) is 2.04. The molecule has 0 fully saturated rings. The number of aromatic nitrogens is 1. The highest BCUT2D eigenvalue weighted by molar-refractivity contribution is 7.92. The van der Waals surface area contributed by atoms with Gasteiger partial charge in [-0.25, -0.2) is 13.4 Å². The Morgan fingerprint density at radius 3 is 2.67 bits per heavy atom. The largest absolute Gasteiger partial charge is 0.370 e. The predicted octanol–water partition coefficient (Wildman–Crippen LogP) is 2.86. The lowest BCUT2D eigenvalue weighted by atomic mass is 10.2. The monoisotopic (exact) mass is 388 g/mol. The number of carbonyl (C=O) groups is 1. The third-order valence-corrected chi connectivity index (χ3v) is 5.72. The van der Waals surface area contributed by atoms with Crippen molar-refractivity contribution in [2.24, 2.45) is 5.92 Å². The SMILES string of the molecule is CC(=O)N1CCc2cc(S(=O)(=O)Nc3ccc(NCC(C)C)nc3)ccc21. The number of amides is 1. The molecule has 27 heavy (non-hydrogen) atoms. The van der Waals surface area contributed by atoms with Crippen LogP contribution < -0.4 is 14.9 Å². The van der Waals surface area contributed by atoms with Gasteiger partial charge >= 0.3 is 0 Å². The number of pyridine rings is 1. The second-order valence-electron chi connectivity index (χ2n) is 7.02. The first kappa shape index (κ1) is 19.2. The zero-order chi connectivity index (χ0) is 19.6. The van der Waals surface area contributed by atoms with Crippen molar-refractivity contribution in [3.05, 3.63) is 42.1 Å². The van der Waals surface area contributed by atoms with Gasteiger partial charge in [-0.3, -0.25) is 9.52 Å². The van der Waals surface area contributed by atoms with E-state index in [1.54, 1.807) is 29.2 Å². The zero-order valence-electron chi connectivity index (χ0n) is 15.7. The normalized spacial score (nSPS) is 13.6. The molecule has 0 atom stereocenters. The fourth-order valence-electron chi connectivity index (χ4n) is 2.95. The van der Waals surface area contributed by atoms with Gasteiger partial charge in [0.05, 0.1) is 16.8 Å². The first-order valence-electron chi connectivity index (χ1n) is 8.90. The Hall–Kier alpha value is -2.61. The van der Waals surface area contributed by atoms with E-state index in [-0.39, 0.29) is 10.8 Å². The first-order chi connectivity index (χ1) is 12.8. The lowest BCUT2D eigenvalue weighted by Crippen LogP contribution is -2.25. The predicted molar refractivity (Wildman–Crippen MR) is 107 cm³/mol. The van der Waals surface area contributed by atoms with Crippen LogP contribution in [0, 0.1) is 5.92 Å². The van der Waals surface area contributed by atoms with Crippen molar-refractivity contribution in [2.45, 2.75) is 32.1 Å². The van der Waals surface area contributed by atoms with E-state index in [0.29, 0.717) is 30.4 Å². The van der Waals surface area contributed by atoms with Crippen molar-refractivity contribution >= 4 is 33.1 Å². The van der Waals surface area contributed by atoms with E-state index in [1.165, 1.54) is 19.2 Å². The molecule has 1 aliphatic rings. The highest BCUT2D eigenvalue weighted by Gasteiger charge is 2.24. The molecule has 0 spiro atoms. The highest BCUT2D eigenvalue weighted by atomic mass is 32.2. The molecule has 8 heteroatoms. The second-order valence-corrected chi connectivity index (χ2v) is 8.71. The molecule has 1 aromatic carbocycles. The third-order valence-electron chi connectivity index (χ3n) is 4.34. The maximum atomic E-state index is 12.7. The van der Waals surface area contributed by atoms with Crippen molar-refractivity contribution < 1.29 is 13.2 Å². The van der Waals surface area contributed by atoms with Gasteiger partial charge in [0.25, 0.3) is 10.0 Å². The van der Waals surface area contributed by atoms with Gasteiger partial charge in [-0.05, 0) is 48.2 Å². The van der Waals surface area contributed by atoms with Crippen LogP contribution in [0.1, 0.15) is 26.3 Å². The van der Waals surface area contributed by atoms with E-state index in [1.807, 2.05) is 0 Å². The summed E-state index contributed by atoms with van der Waals surface area (Å²) in [7, 11) is -3.73. The van der Waals surface area contributed by atoms with E-state index in [2.05, 4.69) is 28.9 Å². The van der Waals surface area contributed by atoms with Crippen LogP contribution >= 0.6 is 0 Å². The maximum absolute atomic E-state index is 12.7. The van der Waals surface area contributed by atoms with Crippen molar-refractivity contribution in [1.29, 1.82) is 0 Å². The number of fused-ring (bicyclic) bond motifs is 1. The number of nitrogens with zero attached hydrogens (tertiary/aromatic N) is 2. The van der Waals surface area contributed by atoms with Crippen molar-refractivity contribution in [3.8, 4) is 0 Å². The Labute approximate surface area is 159 Å². The van der Waals surface area contributed by atoms with Crippen LogP contribution in [0.25, 0.3) is 0 Å². The first-order valence-corrected chi connectivity index (χ1v) is 10.4. The molecule has 0 radical (unpaired) electrons. The number of sulfonamides is 1. The molecule has 0 saturated heterocycles. The number of nitrogens with one attached hydrogen (secondary N) is 2. The summed E-state index contributed by atoms with van der Waals surface area (Å²) in [5, 5.41) is 3.19. The molecule has 1 amide bonds. The van der Waals surface area contributed by atoms with Crippen LogP contribution in [0.5, 0.6) is 0 Å². The highest BCUT2D eigenvalue weighted by Crippen LogP contribution is 2.30. The summed E-state index contributed by atoms with van der Waals surface area (Å²) in [6, 6.07) is 8.27. The summed E-state index contributed by atoms with van der Waals surface area (Å²) in [6.07, 6.45) is 2.14. The van der Waals surface area contributed by atoms with Crippen molar-refractivity contribution in [2.75, 3.05) is 28.0 Å². The summed E-state index contributed by atoms with van der Waals surface area (Å²) in [5.74, 6) is 1.15. The molecule has 0 saturated carbocycles. The van der Waals surface area contributed by atoms with Crippen LogP contribution in [0.3, 0.4) is 0 Å². The maximum Gasteiger partial charge on any atom is 0.261 e. The molecule has 1 aromatic heterocycles. The van der Waals surface area contributed by atoms with E-state index in [0.717, 1.165) is 17.8 Å². The van der Waals surface area contributed by atoms with Gasteiger partial charge in [0.1, 0.15) is 5.82 Å². The van der Waals surface area contributed by atoms with Crippen LogP contribution in [-0.4, -0.2) is 32.4 Å². The Kier molecular flexibility index (Phi) is 5.36. The molecular weight excluding hydrogens is 364 g/mol. The smallest absolute Gasteiger partial charge is 0.261 e. The zero-order valence-corrected chi connectivity index (χ0v) is 16.5.